The van der Waals surface area contributed by atoms with Gasteiger partial charge in [-0.15, -0.1) is 0 Å². The van der Waals surface area contributed by atoms with Gasteiger partial charge in [-0.3, -0.25) is 4.79 Å². The summed E-state index contributed by atoms with van der Waals surface area (Å²) in [5.41, 5.74) is 0. The van der Waals surface area contributed by atoms with Crippen LogP contribution in [0.15, 0.2) is 16.9 Å². The van der Waals surface area contributed by atoms with Crippen LogP contribution in [-0.4, -0.2) is 29.0 Å². The normalized spacial score (nSPS) is 10.4. The molecule has 1 aromatic heterocycles. The lowest BCUT2D eigenvalue weighted by Gasteiger charge is -2.08. The lowest BCUT2D eigenvalue weighted by molar-refractivity contribution is -0.120. The van der Waals surface area contributed by atoms with Crippen LogP contribution in [0.3, 0.4) is 0 Å². The van der Waals surface area contributed by atoms with E-state index in [2.05, 4.69) is 50.4 Å². The minimum Gasteiger partial charge on any atom is -0.356 e. The third-order valence-corrected chi connectivity index (χ3v) is 2.37. The molecule has 17 heavy (non-hydrogen) atoms. The summed E-state index contributed by atoms with van der Waals surface area (Å²) >= 11 is 3.25. The van der Waals surface area contributed by atoms with Crippen LogP contribution in [0.2, 0.25) is 0 Å². The second kappa shape index (κ2) is 7.21. The van der Waals surface area contributed by atoms with E-state index in [0.717, 1.165) is 4.47 Å². The molecule has 0 aromatic carbocycles. The van der Waals surface area contributed by atoms with Gasteiger partial charge < -0.3 is 10.6 Å². The molecule has 0 unspecified atom stereocenters. The topological polar surface area (TPSA) is 66.9 Å². The molecule has 0 bridgehead atoms. The Morgan fingerprint density at radius 1 is 1.41 bits per heavy atom. The zero-order chi connectivity index (χ0) is 12.7. The zero-order valence-electron chi connectivity index (χ0n) is 10.0. The fourth-order valence-corrected chi connectivity index (χ4v) is 1.30. The fourth-order valence-electron chi connectivity index (χ4n) is 1.10. The number of hydrogen-bond donors (Lipinski definition) is 2. The molecule has 1 amide bonds. The maximum atomic E-state index is 11.4. The second-order valence-electron chi connectivity index (χ2n) is 4.10. The molecule has 1 rings (SSSR count). The van der Waals surface area contributed by atoms with Crippen molar-refractivity contribution < 1.29 is 4.79 Å². The van der Waals surface area contributed by atoms with Crippen molar-refractivity contribution in [1.82, 2.24) is 15.3 Å². The molecule has 0 aliphatic carbocycles. The number of rotatable bonds is 6. The van der Waals surface area contributed by atoms with Crippen molar-refractivity contribution in [3.8, 4) is 0 Å². The summed E-state index contributed by atoms with van der Waals surface area (Å²) in [6.07, 6.45) is 3.74. The summed E-state index contributed by atoms with van der Waals surface area (Å²) in [4.78, 5) is 19.5. The minimum atomic E-state index is 0.0447. The van der Waals surface area contributed by atoms with E-state index in [-0.39, 0.29) is 5.91 Å². The Kier molecular flexibility index (Phi) is 5.90. The fraction of sp³-hybridized carbons (Fsp3) is 0.545. The van der Waals surface area contributed by atoms with Crippen molar-refractivity contribution in [2.24, 2.45) is 5.92 Å². The first-order valence-corrected chi connectivity index (χ1v) is 6.35. The highest BCUT2D eigenvalue weighted by Crippen LogP contribution is 2.06. The Balaban J connectivity index is 2.19. The predicted molar refractivity (Wildman–Crippen MR) is 70.7 cm³/mol. The average Bonchev–Trinajstić information content (AvgIpc) is 2.29. The number of carbonyl (C=O) groups excluding carboxylic acids is 1. The first-order valence-electron chi connectivity index (χ1n) is 5.56. The first-order chi connectivity index (χ1) is 8.08. The molecule has 1 aromatic rings. The number of carbonyl (C=O) groups is 1. The summed E-state index contributed by atoms with van der Waals surface area (Å²) in [6.45, 7) is 5.38. The summed E-state index contributed by atoms with van der Waals surface area (Å²) in [7, 11) is 0. The van der Waals surface area contributed by atoms with Crippen molar-refractivity contribution in [2.45, 2.75) is 20.3 Å². The van der Waals surface area contributed by atoms with E-state index in [1.165, 1.54) is 0 Å². The SMILES string of the molecule is CC(C)CNC(=O)CCNc1ncc(Br)cn1. The van der Waals surface area contributed by atoms with Crippen molar-refractivity contribution in [3.05, 3.63) is 16.9 Å². The van der Waals surface area contributed by atoms with E-state index in [4.69, 9.17) is 0 Å². The molecule has 0 radical (unpaired) electrons. The van der Waals surface area contributed by atoms with Gasteiger partial charge in [-0.1, -0.05) is 13.8 Å². The van der Waals surface area contributed by atoms with Gasteiger partial charge in [-0.25, -0.2) is 9.97 Å². The standard InChI is InChI=1S/C11H17BrN4O/c1-8(2)5-14-10(17)3-4-13-11-15-6-9(12)7-16-11/h6-8H,3-5H2,1-2H3,(H,14,17)(H,13,15,16). The van der Waals surface area contributed by atoms with Crippen LogP contribution in [0.1, 0.15) is 20.3 Å². The van der Waals surface area contributed by atoms with Gasteiger partial charge in [0.25, 0.3) is 0 Å². The zero-order valence-corrected chi connectivity index (χ0v) is 11.6. The lowest BCUT2D eigenvalue weighted by atomic mass is 10.2. The summed E-state index contributed by atoms with van der Waals surface area (Å²) in [5.74, 6) is 1.05. The van der Waals surface area contributed by atoms with Gasteiger partial charge in [0.1, 0.15) is 0 Å². The summed E-state index contributed by atoms with van der Waals surface area (Å²) < 4.78 is 0.831. The molecule has 0 aliphatic heterocycles. The van der Waals surface area contributed by atoms with E-state index in [9.17, 15) is 4.79 Å². The molecule has 94 valence electrons. The van der Waals surface area contributed by atoms with Crippen LogP contribution >= 0.6 is 15.9 Å². The van der Waals surface area contributed by atoms with Gasteiger partial charge in [0.05, 0.1) is 4.47 Å². The molecule has 5 nitrogen and oxygen atoms in total. The largest absolute Gasteiger partial charge is 0.356 e. The van der Waals surface area contributed by atoms with E-state index in [1.54, 1.807) is 12.4 Å². The number of anilines is 1. The predicted octanol–water partition coefficient (Wildman–Crippen LogP) is 1.81. The molecule has 0 aliphatic rings. The van der Waals surface area contributed by atoms with Gasteiger partial charge in [0, 0.05) is 31.9 Å². The molecule has 0 saturated heterocycles. The Morgan fingerprint density at radius 2 is 2.06 bits per heavy atom. The highest BCUT2D eigenvalue weighted by atomic mass is 79.9. The number of amides is 1. The van der Waals surface area contributed by atoms with Crippen LogP contribution in [0, 0.1) is 5.92 Å². The Bertz CT molecular complexity index is 353. The van der Waals surface area contributed by atoms with Gasteiger partial charge in [-0.2, -0.15) is 0 Å². The summed E-state index contributed by atoms with van der Waals surface area (Å²) in [5, 5.41) is 5.84. The van der Waals surface area contributed by atoms with Gasteiger partial charge >= 0.3 is 0 Å². The van der Waals surface area contributed by atoms with E-state index < -0.39 is 0 Å². The highest BCUT2D eigenvalue weighted by Gasteiger charge is 2.02. The highest BCUT2D eigenvalue weighted by molar-refractivity contribution is 9.10. The van der Waals surface area contributed by atoms with Crippen LogP contribution in [0.5, 0.6) is 0 Å². The molecule has 0 fully saturated rings. The van der Waals surface area contributed by atoms with Crippen LogP contribution in [0.4, 0.5) is 5.95 Å². The first kappa shape index (κ1) is 13.9. The van der Waals surface area contributed by atoms with E-state index >= 15 is 0 Å². The van der Waals surface area contributed by atoms with Gasteiger partial charge in [0.2, 0.25) is 11.9 Å². The Hall–Kier alpha value is -1.17. The average molecular weight is 301 g/mol. The molecule has 0 spiro atoms. The van der Waals surface area contributed by atoms with Crippen molar-refractivity contribution in [1.29, 1.82) is 0 Å². The van der Waals surface area contributed by atoms with Crippen molar-refractivity contribution in [3.63, 3.8) is 0 Å². The molecule has 0 saturated carbocycles. The van der Waals surface area contributed by atoms with Crippen molar-refractivity contribution in [2.75, 3.05) is 18.4 Å². The van der Waals surface area contributed by atoms with Crippen molar-refractivity contribution >= 4 is 27.8 Å². The van der Waals surface area contributed by atoms with E-state index in [0.29, 0.717) is 31.4 Å². The van der Waals surface area contributed by atoms with E-state index in [1.807, 2.05) is 0 Å². The third kappa shape index (κ3) is 6.21. The smallest absolute Gasteiger partial charge is 0.222 e. The van der Waals surface area contributed by atoms with Crippen LogP contribution in [-0.2, 0) is 4.79 Å². The maximum absolute atomic E-state index is 11.4. The number of nitrogens with one attached hydrogen (secondary N) is 2. The molecule has 2 N–H and O–H groups in total. The van der Waals surface area contributed by atoms with Crippen LogP contribution < -0.4 is 10.6 Å². The molecular formula is C11H17BrN4O. The quantitative estimate of drug-likeness (QED) is 0.841. The number of aromatic nitrogens is 2. The Labute approximate surface area is 110 Å². The second-order valence-corrected chi connectivity index (χ2v) is 5.02. The minimum absolute atomic E-state index is 0.0447. The Morgan fingerprint density at radius 3 is 2.65 bits per heavy atom. The van der Waals surface area contributed by atoms with Gasteiger partial charge in [0.15, 0.2) is 0 Å². The molecule has 6 heteroatoms. The van der Waals surface area contributed by atoms with Gasteiger partial charge in [-0.05, 0) is 21.8 Å². The van der Waals surface area contributed by atoms with Crippen LogP contribution in [0.25, 0.3) is 0 Å². The number of nitrogens with zero attached hydrogens (tertiary/aromatic N) is 2. The molecular weight excluding hydrogens is 284 g/mol. The third-order valence-electron chi connectivity index (χ3n) is 1.96. The lowest BCUT2D eigenvalue weighted by Crippen LogP contribution is -2.28. The number of halogens is 1. The summed E-state index contributed by atoms with van der Waals surface area (Å²) in [6, 6.07) is 0. The number of hydrogen-bond acceptors (Lipinski definition) is 4. The molecule has 0 atom stereocenters. The molecule has 1 heterocycles. The maximum Gasteiger partial charge on any atom is 0.222 e. The monoisotopic (exact) mass is 300 g/mol.